The van der Waals surface area contributed by atoms with Gasteiger partial charge in [-0.2, -0.15) is 0 Å². The van der Waals surface area contributed by atoms with Crippen LogP contribution in [0.1, 0.15) is 31.2 Å². The number of aryl methyl sites for hydroxylation is 1. The van der Waals surface area contributed by atoms with E-state index in [0.717, 1.165) is 77.6 Å². The predicted octanol–water partition coefficient (Wildman–Crippen LogP) is 2.55. The highest BCUT2D eigenvalue weighted by molar-refractivity contribution is 14.0. The lowest BCUT2D eigenvalue weighted by Gasteiger charge is -2.36. The summed E-state index contributed by atoms with van der Waals surface area (Å²) in [6, 6.07) is 8.82. The number of aliphatic imine (C=N–C) groups is 1. The van der Waals surface area contributed by atoms with Crippen LogP contribution in [0.3, 0.4) is 0 Å². The number of hydrogen-bond acceptors (Lipinski definition) is 4. The van der Waals surface area contributed by atoms with Gasteiger partial charge >= 0.3 is 0 Å². The number of benzene rings is 1. The highest BCUT2D eigenvalue weighted by Crippen LogP contribution is 2.20. The maximum Gasteiger partial charge on any atom is 0.220 e. The monoisotopic (exact) mass is 556 g/mol. The van der Waals surface area contributed by atoms with E-state index in [4.69, 9.17) is 0 Å². The van der Waals surface area contributed by atoms with E-state index < -0.39 is 0 Å². The number of amides is 1. The zero-order valence-electron chi connectivity index (χ0n) is 20.0. The summed E-state index contributed by atoms with van der Waals surface area (Å²) in [6.45, 7) is 10.6. The summed E-state index contributed by atoms with van der Waals surface area (Å²) in [5.41, 5.74) is 2.68. The molecule has 2 aliphatic heterocycles. The number of piperazine rings is 1. The van der Waals surface area contributed by atoms with Crippen molar-refractivity contribution in [3.8, 4) is 0 Å². The van der Waals surface area contributed by atoms with Gasteiger partial charge in [0.25, 0.3) is 0 Å². The van der Waals surface area contributed by atoms with E-state index in [9.17, 15) is 4.79 Å². The number of guanidine groups is 1. The van der Waals surface area contributed by atoms with Crippen molar-refractivity contribution >= 4 is 41.5 Å². The molecular formula is C24H41IN6O. The SMILES string of the molecule is CN=C(NCCCN1CCN(c2cccc(C)c2)CC1)N1CCC(CC(=O)NC)CC1.I. The first-order valence-corrected chi connectivity index (χ1v) is 11.8. The Kier molecular flexibility index (Phi) is 11.6. The van der Waals surface area contributed by atoms with Gasteiger partial charge in [0.2, 0.25) is 5.91 Å². The van der Waals surface area contributed by atoms with Crippen molar-refractivity contribution < 1.29 is 4.79 Å². The van der Waals surface area contributed by atoms with E-state index in [0.29, 0.717) is 12.3 Å². The fourth-order valence-corrected chi connectivity index (χ4v) is 4.60. The fourth-order valence-electron chi connectivity index (χ4n) is 4.60. The molecule has 0 bridgehead atoms. The molecule has 1 aromatic carbocycles. The first-order valence-electron chi connectivity index (χ1n) is 11.8. The lowest BCUT2D eigenvalue weighted by molar-refractivity contribution is -0.121. The van der Waals surface area contributed by atoms with Crippen LogP contribution in [0.5, 0.6) is 0 Å². The van der Waals surface area contributed by atoms with E-state index in [1.165, 1.54) is 11.3 Å². The first-order chi connectivity index (χ1) is 15.1. The van der Waals surface area contributed by atoms with Crippen molar-refractivity contribution in [2.45, 2.75) is 32.6 Å². The Bertz CT molecular complexity index is 727. The van der Waals surface area contributed by atoms with Crippen molar-refractivity contribution in [2.75, 3.05) is 71.4 Å². The molecule has 0 unspecified atom stereocenters. The molecule has 0 atom stereocenters. The average Bonchev–Trinajstić information content (AvgIpc) is 2.80. The summed E-state index contributed by atoms with van der Waals surface area (Å²) < 4.78 is 0. The van der Waals surface area contributed by atoms with E-state index in [2.05, 4.69) is 61.5 Å². The van der Waals surface area contributed by atoms with E-state index in [1.807, 2.05) is 7.05 Å². The van der Waals surface area contributed by atoms with Gasteiger partial charge in [-0.1, -0.05) is 12.1 Å². The largest absolute Gasteiger partial charge is 0.369 e. The van der Waals surface area contributed by atoms with Crippen LogP contribution in [0.4, 0.5) is 5.69 Å². The van der Waals surface area contributed by atoms with Crippen LogP contribution in [0.2, 0.25) is 0 Å². The smallest absolute Gasteiger partial charge is 0.220 e. The summed E-state index contributed by atoms with van der Waals surface area (Å²) in [5.74, 6) is 1.65. The standard InChI is InChI=1S/C24H40N6O.HI/c1-20-6-4-7-22(18-20)29-16-14-28(15-17-29)11-5-10-27-24(26-3)30-12-8-21(9-13-30)19-23(31)25-2;/h4,6-7,18,21H,5,8-17,19H2,1-3H3,(H,25,31)(H,26,27);1H. The maximum atomic E-state index is 11.6. The van der Waals surface area contributed by atoms with Gasteiger partial charge in [0.15, 0.2) is 5.96 Å². The fraction of sp³-hybridized carbons (Fsp3) is 0.667. The van der Waals surface area contributed by atoms with Crippen LogP contribution in [0.15, 0.2) is 29.3 Å². The number of nitrogens with one attached hydrogen (secondary N) is 2. The number of likely N-dealkylation sites (tertiary alicyclic amines) is 1. The Morgan fingerprint density at radius 2 is 1.84 bits per heavy atom. The lowest BCUT2D eigenvalue weighted by Crippen LogP contribution is -2.48. The zero-order chi connectivity index (χ0) is 22.1. The first kappa shape index (κ1) is 26.7. The summed E-state index contributed by atoms with van der Waals surface area (Å²) >= 11 is 0. The number of carbonyl (C=O) groups is 1. The predicted molar refractivity (Wildman–Crippen MR) is 144 cm³/mol. The van der Waals surface area contributed by atoms with E-state index in [-0.39, 0.29) is 29.9 Å². The second-order valence-electron chi connectivity index (χ2n) is 8.80. The van der Waals surface area contributed by atoms with Gasteiger partial charge in [0, 0.05) is 72.0 Å². The number of halogens is 1. The van der Waals surface area contributed by atoms with Gasteiger partial charge in [-0.25, -0.2) is 0 Å². The number of carbonyl (C=O) groups excluding carboxylic acids is 1. The van der Waals surface area contributed by atoms with Crippen LogP contribution in [0.25, 0.3) is 0 Å². The molecule has 180 valence electrons. The van der Waals surface area contributed by atoms with Crippen LogP contribution >= 0.6 is 24.0 Å². The Labute approximate surface area is 211 Å². The highest BCUT2D eigenvalue weighted by Gasteiger charge is 2.23. The van der Waals surface area contributed by atoms with Gasteiger partial charge in [-0.3, -0.25) is 14.7 Å². The van der Waals surface area contributed by atoms with Crippen LogP contribution in [-0.2, 0) is 4.79 Å². The zero-order valence-corrected chi connectivity index (χ0v) is 22.3. The molecule has 1 aromatic rings. The topological polar surface area (TPSA) is 63.2 Å². The molecule has 0 spiro atoms. The summed E-state index contributed by atoms with van der Waals surface area (Å²) in [4.78, 5) is 23.5. The van der Waals surface area contributed by atoms with Crippen LogP contribution in [-0.4, -0.2) is 88.1 Å². The molecule has 2 fully saturated rings. The molecule has 0 aliphatic carbocycles. The third kappa shape index (κ3) is 8.10. The molecule has 2 heterocycles. The van der Waals surface area contributed by atoms with Gasteiger partial charge in [0.05, 0.1) is 0 Å². The van der Waals surface area contributed by atoms with Gasteiger partial charge < -0.3 is 20.4 Å². The molecule has 7 nitrogen and oxygen atoms in total. The molecule has 0 saturated carbocycles. The molecule has 3 rings (SSSR count). The Hall–Kier alpha value is -1.55. The van der Waals surface area contributed by atoms with Gasteiger partial charge in [0.1, 0.15) is 0 Å². The molecule has 2 N–H and O–H groups in total. The number of rotatable bonds is 7. The van der Waals surface area contributed by atoms with E-state index >= 15 is 0 Å². The molecule has 2 aliphatic rings. The second kappa shape index (κ2) is 13.9. The second-order valence-corrected chi connectivity index (χ2v) is 8.80. The Balaban J connectivity index is 0.00000363. The summed E-state index contributed by atoms with van der Waals surface area (Å²) in [7, 11) is 3.58. The van der Waals surface area contributed by atoms with Gasteiger partial charge in [-0.05, 0) is 56.3 Å². The molecular weight excluding hydrogens is 515 g/mol. The molecule has 0 radical (unpaired) electrons. The molecule has 0 aromatic heterocycles. The Morgan fingerprint density at radius 3 is 2.47 bits per heavy atom. The third-order valence-electron chi connectivity index (χ3n) is 6.55. The number of hydrogen-bond donors (Lipinski definition) is 2. The maximum absolute atomic E-state index is 11.6. The summed E-state index contributed by atoms with van der Waals surface area (Å²) in [5, 5.41) is 6.28. The molecule has 32 heavy (non-hydrogen) atoms. The number of nitrogens with zero attached hydrogens (tertiary/aromatic N) is 4. The quantitative estimate of drug-likeness (QED) is 0.234. The minimum atomic E-state index is 0. The summed E-state index contributed by atoms with van der Waals surface area (Å²) in [6.07, 6.45) is 3.88. The van der Waals surface area contributed by atoms with Gasteiger partial charge in [-0.15, -0.1) is 24.0 Å². The minimum Gasteiger partial charge on any atom is -0.369 e. The number of anilines is 1. The normalized spacial score (nSPS) is 18.3. The van der Waals surface area contributed by atoms with Crippen molar-refractivity contribution in [3.63, 3.8) is 0 Å². The lowest BCUT2D eigenvalue weighted by atomic mass is 9.93. The number of piperidine rings is 1. The van der Waals surface area contributed by atoms with Crippen molar-refractivity contribution in [3.05, 3.63) is 29.8 Å². The van der Waals surface area contributed by atoms with Crippen molar-refractivity contribution in [1.29, 1.82) is 0 Å². The average molecular weight is 557 g/mol. The molecule has 1 amide bonds. The highest BCUT2D eigenvalue weighted by atomic mass is 127. The minimum absolute atomic E-state index is 0. The third-order valence-corrected chi connectivity index (χ3v) is 6.55. The molecule has 8 heteroatoms. The van der Waals surface area contributed by atoms with Crippen LogP contribution < -0.4 is 15.5 Å². The van der Waals surface area contributed by atoms with Crippen molar-refractivity contribution in [2.24, 2.45) is 10.9 Å². The van der Waals surface area contributed by atoms with Crippen LogP contribution in [0, 0.1) is 12.8 Å². The van der Waals surface area contributed by atoms with Crippen molar-refractivity contribution in [1.82, 2.24) is 20.4 Å². The van der Waals surface area contributed by atoms with E-state index in [1.54, 1.807) is 7.05 Å². The Morgan fingerprint density at radius 1 is 1.12 bits per heavy atom. The molecule has 2 saturated heterocycles.